The first-order chi connectivity index (χ1) is 5.92. The van der Waals surface area contributed by atoms with Gasteiger partial charge in [-0.1, -0.05) is 0 Å². The summed E-state index contributed by atoms with van der Waals surface area (Å²) in [5, 5.41) is 4.60. The SMILES string of the molecule is FCC(F)(F)C(F)(F)c1nc[nH]n1. The lowest BCUT2D eigenvalue weighted by Gasteiger charge is -2.20. The van der Waals surface area contributed by atoms with E-state index in [4.69, 9.17) is 0 Å². The topological polar surface area (TPSA) is 41.6 Å². The Kier molecular flexibility index (Phi) is 2.22. The molecule has 0 aliphatic carbocycles. The van der Waals surface area contributed by atoms with Crippen molar-refractivity contribution in [1.82, 2.24) is 15.2 Å². The van der Waals surface area contributed by atoms with E-state index in [2.05, 4.69) is 10.1 Å². The molecule has 1 N–H and O–H groups in total. The molecule has 0 unspecified atom stereocenters. The lowest BCUT2D eigenvalue weighted by Crippen LogP contribution is -2.40. The predicted molar refractivity (Wildman–Crippen MR) is 31.2 cm³/mol. The van der Waals surface area contributed by atoms with Gasteiger partial charge in [0, 0.05) is 0 Å². The molecule has 0 fully saturated rings. The van der Waals surface area contributed by atoms with E-state index in [0.717, 1.165) is 0 Å². The van der Waals surface area contributed by atoms with Gasteiger partial charge in [0.05, 0.1) is 0 Å². The fraction of sp³-hybridized carbons (Fsp3) is 0.600. The average molecular weight is 201 g/mol. The third-order valence-corrected chi connectivity index (χ3v) is 1.32. The molecule has 0 aliphatic rings. The summed E-state index contributed by atoms with van der Waals surface area (Å²) < 4.78 is 61.4. The van der Waals surface area contributed by atoms with Crippen LogP contribution in [0.3, 0.4) is 0 Å². The van der Waals surface area contributed by atoms with Crippen molar-refractivity contribution in [3.8, 4) is 0 Å². The fourth-order valence-electron chi connectivity index (χ4n) is 0.608. The van der Waals surface area contributed by atoms with Gasteiger partial charge in [-0.05, 0) is 0 Å². The van der Waals surface area contributed by atoms with E-state index in [1.54, 1.807) is 0 Å². The van der Waals surface area contributed by atoms with Gasteiger partial charge >= 0.3 is 11.8 Å². The quantitative estimate of drug-likeness (QED) is 0.753. The second-order valence-electron chi connectivity index (χ2n) is 2.24. The third kappa shape index (κ3) is 1.47. The molecule has 0 spiro atoms. The van der Waals surface area contributed by atoms with Gasteiger partial charge < -0.3 is 0 Å². The highest BCUT2D eigenvalue weighted by Crippen LogP contribution is 2.41. The molecule has 1 rings (SSSR count). The van der Waals surface area contributed by atoms with Crippen molar-refractivity contribution in [1.29, 1.82) is 0 Å². The van der Waals surface area contributed by atoms with Crippen molar-refractivity contribution in [2.24, 2.45) is 0 Å². The van der Waals surface area contributed by atoms with E-state index < -0.39 is 24.3 Å². The van der Waals surface area contributed by atoms with Crippen LogP contribution in [0, 0.1) is 0 Å². The van der Waals surface area contributed by atoms with Gasteiger partial charge in [-0.2, -0.15) is 22.7 Å². The Hall–Kier alpha value is -1.21. The minimum absolute atomic E-state index is 0.706. The molecule has 8 heteroatoms. The summed E-state index contributed by atoms with van der Waals surface area (Å²) in [7, 11) is 0. The van der Waals surface area contributed by atoms with Crippen LogP contribution in [-0.2, 0) is 5.92 Å². The summed E-state index contributed by atoms with van der Waals surface area (Å²) in [6.07, 6.45) is 0.706. The first-order valence-electron chi connectivity index (χ1n) is 3.09. The maximum absolute atomic E-state index is 12.6. The number of halogens is 5. The Morgan fingerprint density at radius 2 is 1.92 bits per heavy atom. The van der Waals surface area contributed by atoms with E-state index in [1.807, 2.05) is 5.10 Å². The first-order valence-corrected chi connectivity index (χ1v) is 3.09. The molecular formula is C5H4F5N3. The van der Waals surface area contributed by atoms with Crippen LogP contribution in [0.4, 0.5) is 22.0 Å². The summed E-state index contributed by atoms with van der Waals surface area (Å²) in [6, 6.07) is 0. The van der Waals surface area contributed by atoms with Crippen LogP contribution in [0.25, 0.3) is 0 Å². The van der Waals surface area contributed by atoms with Gasteiger partial charge in [0.1, 0.15) is 6.33 Å². The molecule has 74 valence electrons. The maximum Gasteiger partial charge on any atom is 0.372 e. The Labute approximate surface area is 69.0 Å². The van der Waals surface area contributed by atoms with Crippen LogP contribution in [-0.4, -0.2) is 27.8 Å². The molecule has 3 nitrogen and oxygen atoms in total. The molecule has 0 aromatic carbocycles. The Morgan fingerprint density at radius 1 is 1.31 bits per heavy atom. The van der Waals surface area contributed by atoms with Crippen LogP contribution in [0.15, 0.2) is 6.33 Å². The summed E-state index contributed by atoms with van der Waals surface area (Å²) in [5.41, 5.74) is 0. The zero-order valence-corrected chi connectivity index (χ0v) is 6.07. The molecule has 0 aliphatic heterocycles. The number of nitrogens with one attached hydrogen (secondary N) is 1. The van der Waals surface area contributed by atoms with Crippen LogP contribution < -0.4 is 0 Å². The molecule has 0 atom stereocenters. The van der Waals surface area contributed by atoms with Crippen molar-refractivity contribution in [3.05, 3.63) is 12.2 Å². The number of nitrogens with zero attached hydrogens (tertiary/aromatic N) is 2. The molecule has 1 aromatic heterocycles. The lowest BCUT2D eigenvalue weighted by molar-refractivity contribution is -0.226. The van der Waals surface area contributed by atoms with Gasteiger partial charge in [-0.15, -0.1) is 0 Å². The highest BCUT2D eigenvalue weighted by molar-refractivity contribution is 5.00. The molecule has 1 heterocycles. The van der Waals surface area contributed by atoms with Crippen LogP contribution in [0.2, 0.25) is 0 Å². The molecule has 1 aromatic rings. The molecule has 0 bridgehead atoms. The maximum atomic E-state index is 12.6. The Balaban J connectivity index is 3.02. The number of alkyl halides is 5. The summed E-state index contributed by atoms with van der Waals surface area (Å²) in [6.45, 7) is -2.46. The molecule has 0 radical (unpaired) electrons. The molecule has 0 saturated heterocycles. The van der Waals surface area contributed by atoms with Crippen LogP contribution >= 0.6 is 0 Å². The van der Waals surface area contributed by atoms with Gasteiger partial charge in [-0.3, -0.25) is 5.10 Å². The first kappa shape index (κ1) is 9.87. The summed E-state index contributed by atoms with van der Waals surface area (Å²) in [5.74, 6) is -10.9. The fourth-order valence-corrected chi connectivity index (χ4v) is 0.608. The zero-order chi connectivity index (χ0) is 10.1. The van der Waals surface area contributed by atoms with Crippen molar-refractivity contribution in [3.63, 3.8) is 0 Å². The van der Waals surface area contributed by atoms with Gasteiger partial charge in [-0.25, -0.2) is 9.37 Å². The van der Waals surface area contributed by atoms with Gasteiger partial charge in [0.15, 0.2) is 6.67 Å². The smallest absolute Gasteiger partial charge is 0.266 e. The zero-order valence-electron chi connectivity index (χ0n) is 6.07. The third-order valence-electron chi connectivity index (χ3n) is 1.32. The number of aromatic nitrogens is 3. The van der Waals surface area contributed by atoms with E-state index >= 15 is 0 Å². The monoisotopic (exact) mass is 201 g/mol. The van der Waals surface area contributed by atoms with Gasteiger partial charge in [0.2, 0.25) is 5.82 Å². The largest absolute Gasteiger partial charge is 0.372 e. The minimum atomic E-state index is -4.78. The second kappa shape index (κ2) is 2.93. The van der Waals surface area contributed by atoms with Crippen molar-refractivity contribution >= 4 is 0 Å². The second-order valence-corrected chi connectivity index (χ2v) is 2.24. The van der Waals surface area contributed by atoms with Gasteiger partial charge in [0.25, 0.3) is 0 Å². The highest BCUT2D eigenvalue weighted by atomic mass is 19.3. The molecular weight excluding hydrogens is 197 g/mol. The van der Waals surface area contributed by atoms with E-state index in [9.17, 15) is 22.0 Å². The number of hydrogen-bond donors (Lipinski definition) is 1. The number of aromatic amines is 1. The van der Waals surface area contributed by atoms with Crippen molar-refractivity contribution in [2.75, 3.05) is 6.67 Å². The Morgan fingerprint density at radius 3 is 2.31 bits per heavy atom. The van der Waals surface area contributed by atoms with Crippen LogP contribution in [0.1, 0.15) is 5.82 Å². The molecule has 0 amide bonds. The summed E-state index contributed by atoms with van der Waals surface area (Å²) >= 11 is 0. The van der Waals surface area contributed by atoms with Crippen molar-refractivity contribution < 1.29 is 22.0 Å². The average Bonchev–Trinajstić information content (AvgIpc) is 2.56. The molecule has 13 heavy (non-hydrogen) atoms. The normalized spacial score (nSPS) is 13.3. The minimum Gasteiger partial charge on any atom is -0.266 e. The van der Waals surface area contributed by atoms with E-state index in [1.165, 1.54) is 0 Å². The van der Waals surface area contributed by atoms with Crippen LogP contribution in [0.5, 0.6) is 0 Å². The van der Waals surface area contributed by atoms with E-state index in [0.29, 0.717) is 6.33 Å². The molecule has 0 saturated carbocycles. The number of hydrogen-bond acceptors (Lipinski definition) is 2. The standard InChI is InChI=1S/C5H4F5N3/c6-1-4(7,8)5(9,10)3-11-2-12-13-3/h2H,1H2,(H,11,12,13). The Bertz CT molecular complexity index is 270. The number of rotatable bonds is 3. The van der Waals surface area contributed by atoms with Crippen molar-refractivity contribution in [2.45, 2.75) is 11.8 Å². The lowest BCUT2D eigenvalue weighted by atomic mass is 10.2. The number of H-pyrrole nitrogens is 1. The summed E-state index contributed by atoms with van der Waals surface area (Å²) in [4.78, 5) is 2.84. The highest BCUT2D eigenvalue weighted by Gasteiger charge is 2.60. The van der Waals surface area contributed by atoms with E-state index in [-0.39, 0.29) is 0 Å². The predicted octanol–water partition coefficient (Wildman–Crippen LogP) is 1.50.